The van der Waals surface area contributed by atoms with E-state index < -0.39 is 17.8 Å². The van der Waals surface area contributed by atoms with Crippen LogP contribution >= 0.6 is 0 Å². The van der Waals surface area contributed by atoms with Crippen LogP contribution in [0.4, 0.5) is 18.0 Å². The van der Waals surface area contributed by atoms with Crippen molar-refractivity contribution in [3.8, 4) is 0 Å². The van der Waals surface area contributed by atoms with Crippen LogP contribution in [0.1, 0.15) is 18.1 Å². The van der Waals surface area contributed by atoms with Crippen molar-refractivity contribution in [1.82, 2.24) is 10.2 Å². The van der Waals surface area contributed by atoms with E-state index in [4.69, 9.17) is 0 Å². The van der Waals surface area contributed by atoms with Crippen LogP contribution in [0.15, 0.2) is 24.3 Å². The Morgan fingerprint density at radius 2 is 1.94 bits per heavy atom. The molecule has 0 radical (unpaired) electrons. The summed E-state index contributed by atoms with van der Waals surface area (Å²) in [7, 11) is 1.57. The van der Waals surface area contributed by atoms with E-state index in [1.807, 2.05) is 0 Å². The molecule has 6 heteroatoms. The van der Waals surface area contributed by atoms with Crippen molar-refractivity contribution in [1.29, 1.82) is 0 Å². The van der Waals surface area contributed by atoms with Gasteiger partial charge in [-0.1, -0.05) is 18.2 Å². The highest BCUT2D eigenvalue weighted by Gasteiger charge is 2.32. The minimum Gasteiger partial charge on any atom is -0.334 e. The molecule has 0 unspecified atom stereocenters. The minimum absolute atomic E-state index is 0.0582. The Bertz CT molecular complexity index is 418. The lowest BCUT2D eigenvalue weighted by Crippen LogP contribution is -2.36. The standard InChI is InChI=1S/C12H15F3N2O/c1-3-17(2)11(18)16-8-9-6-4-5-7-10(9)12(13,14)15/h4-7H,3,8H2,1-2H3,(H,16,18). The first kappa shape index (κ1) is 14.3. The zero-order valence-corrected chi connectivity index (χ0v) is 10.2. The number of hydrogen-bond donors (Lipinski definition) is 1. The summed E-state index contributed by atoms with van der Waals surface area (Å²) < 4.78 is 38.0. The lowest BCUT2D eigenvalue weighted by Gasteiger charge is -2.17. The van der Waals surface area contributed by atoms with Gasteiger partial charge in [0.15, 0.2) is 0 Å². The van der Waals surface area contributed by atoms with Crippen LogP contribution in [0.2, 0.25) is 0 Å². The van der Waals surface area contributed by atoms with Gasteiger partial charge in [-0.3, -0.25) is 0 Å². The molecule has 100 valence electrons. The predicted molar refractivity (Wildman–Crippen MR) is 62.0 cm³/mol. The van der Waals surface area contributed by atoms with Crippen molar-refractivity contribution < 1.29 is 18.0 Å². The average Bonchev–Trinajstić information content (AvgIpc) is 2.34. The molecule has 1 rings (SSSR count). The van der Waals surface area contributed by atoms with Gasteiger partial charge in [-0.2, -0.15) is 13.2 Å². The van der Waals surface area contributed by atoms with Gasteiger partial charge in [-0.05, 0) is 18.6 Å². The fourth-order valence-corrected chi connectivity index (χ4v) is 1.40. The Hall–Kier alpha value is -1.72. The molecule has 0 bridgehead atoms. The fraction of sp³-hybridized carbons (Fsp3) is 0.417. The summed E-state index contributed by atoms with van der Waals surface area (Å²) in [6, 6.07) is 4.81. The van der Waals surface area contributed by atoms with Crippen molar-refractivity contribution in [2.75, 3.05) is 13.6 Å². The molecular weight excluding hydrogens is 245 g/mol. The van der Waals surface area contributed by atoms with Gasteiger partial charge < -0.3 is 10.2 Å². The Balaban J connectivity index is 2.77. The highest BCUT2D eigenvalue weighted by Crippen LogP contribution is 2.31. The third-order valence-electron chi connectivity index (χ3n) is 2.57. The summed E-state index contributed by atoms with van der Waals surface area (Å²) in [4.78, 5) is 12.8. The Labute approximate surface area is 104 Å². The smallest absolute Gasteiger partial charge is 0.334 e. The highest BCUT2D eigenvalue weighted by molar-refractivity contribution is 5.73. The van der Waals surface area contributed by atoms with Crippen LogP contribution in [0.25, 0.3) is 0 Å². The van der Waals surface area contributed by atoms with E-state index in [1.165, 1.54) is 23.1 Å². The number of nitrogens with zero attached hydrogens (tertiary/aromatic N) is 1. The van der Waals surface area contributed by atoms with E-state index in [-0.39, 0.29) is 12.1 Å². The molecule has 0 saturated heterocycles. The summed E-state index contributed by atoms with van der Waals surface area (Å²) in [5.41, 5.74) is -0.660. The summed E-state index contributed by atoms with van der Waals surface area (Å²) in [6.45, 7) is 2.13. The second-order valence-corrected chi connectivity index (χ2v) is 3.83. The molecular formula is C12H15F3N2O. The topological polar surface area (TPSA) is 32.3 Å². The van der Waals surface area contributed by atoms with E-state index in [0.29, 0.717) is 6.54 Å². The number of benzene rings is 1. The third-order valence-corrected chi connectivity index (χ3v) is 2.57. The van der Waals surface area contributed by atoms with E-state index in [0.717, 1.165) is 6.07 Å². The fourth-order valence-electron chi connectivity index (χ4n) is 1.40. The van der Waals surface area contributed by atoms with Crippen LogP contribution in [0.5, 0.6) is 0 Å². The van der Waals surface area contributed by atoms with Crippen molar-refractivity contribution in [2.45, 2.75) is 19.6 Å². The number of carbonyl (C=O) groups excluding carboxylic acids is 1. The minimum atomic E-state index is -4.40. The quantitative estimate of drug-likeness (QED) is 0.890. The van der Waals surface area contributed by atoms with Crippen LogP contribution in [0, 0.1) is 0 Å². The number of amides is 2. The van der Waals surface area contributed by atoms with Gasteiger partial charge in [0.1, 0.15) is 0 Å². The molecule has 0 aliphatic heterocycles. The second kappa shape index (κ2) is 5.75. The van der Waals surface area contributed by atoms with E-state index in [1.54, 1.807) is 14.0 Å². The molecule has 0 aliphatic rings. The van der Waals surface area contributed by atoms with Gasteiger partial charge in [0, 0.05) is 20.1 Å². The Morgan fingerprint density at radius 1 is 1.33 bits per heavy atom. The molecule has 1 N–H and O–H groups in total. The van der Waals surface area contributed by atoms with Crippen molar-refractivity contribution in [3.63, 3.8) is 0 Å². The number of alkyl halides is 3. The second-order valence-electron chi connectivity index (χ2n) is 3.83. The molecule has 0 saturated carbocycles. The number of nitrogens with one attached hydrogen (secondary N) is 1. The van der Waals surface area contributed by atoms with Crippen LogP contribution in [0.3, 0.4) is 0 Å². The van der Waals surface area contributed by atoms with Crippen LogP contribution < -0.4 is 5.32 Å². The third kappa shape index (κ3) is 3.65. The van der Waals surface area contributed by atoms with E-state index >= 15 is 0 Å². The van der Waals surface area contributed by atoms with Crippen molar-refractivity contribution in [2.24, 2.45) is 0 Å². The number of halogens is 3. The van der Waals surface area contributed by atoms with Crippen LogP contribution in [-0.2, 0) is 12.7 Å². The van der Waals surface area contributed by atoms with Gasteiger partial charge in [0.2, 0.25) is 0 Å². The molecule has 0 atom stereocenters. The number of hydrogen-bond acceptors (Lipinski definition) is 1. The lowest BCUT2D eigenvalue weighted by molar-refractivity contribution is -0.138. The first-order valence-corrected chi connectivity index (χ1v) is 5.50. The van der Waals surface area contributed by atoms with Crippen molar-refractivity contribution >= 4 is 6.03 Å². The molecule has 0 heterocycles. The lowest BCUT2D eigenvalue weighted by atomic mass is 10.1. The zero-order chi connectivity index (χ0) is 13.8. The number of carbonyl (C=O) groups is 1. The summed E-state index contributed by atoms with van der Waals surface area (Å²) in [5.74, 6) is 0. The van der Waals surface area contributed by atoms with Crippen LogP contribution in [-0.4, -0.2) is 24.5 Å². The average molecular weight is 260 g/mol. The molecule has 3 nitrogen and oxygen atoms in total. The molecule has 0 aliphatic carbocycles. The summed E-state index contributed by atoms with van der Waals surface area (Å²) >= 11 is 0. The SMILES string of the molecule is CCN(C)C(=O)NCc1ccccc1C(F)(F)F. The highest BCUT2D eigenvalue weighted by atomic mass is 19.4. The Morgan fingerprint density at radius 3 is 2.50 bits per heavy atom. The molecule has 0 aromatic heterocycles. The predicted octanol–water partition coefficient (Wildman–Crippen LogP) is 2.87. The molecule has 1 aromatic carbocycles. The first-order valence-electron chi connectivity index (χ1n) is 5.50. The molecule has 2 amide bonds. The van der Waals surface area contributed by atoms with Gasteiger partial charge in [-0.15, -0.1) is 0 Å². The number of rotatable bonds is 3. The normalized spacial score (nSPS) is 11.2. The maximum absolute atomic E-state index is 12.7. The zero-order valence-electron chi connectivity index (χ0n) is 10.2. The molecule has 0 fully saturated rings. The maximum atomic E-state index is 12.7. The van der Waals surface area contributed by atoms with E-state index in [2.05, 4.69) is 5.32 Å². The molecule has 0 spiro atoms. The van der Waals surface area contributed by atoms with Crippen molar-refractivity contribution in [3.05, 3.63) is 35.4 Å². The first-order chi connectivity index (χ1) is 8.36. The largest absolute Gasteiger partial charge is 0.416 e. The maximum Gasteiger partial charge on any atom is 0.416 e. The van der Waals surface area contributed by atoms with Gasteiger partial charge in [-0.25, -0.2) is 4.79 Å². The van der Waals surface area contributed by atoms with Gasteiger partial charge >= 0.3 is 12.2 Å². The Kier molecular flexibility index (Phi) is 4.58. The van der Waals surface area contributed by atoms with Gasteiger partial charge in [0.05, 0.1) is 5.56 Å². The monoisotopic (exact) mass is 260 g/mol. The summed E-state index contributed by atoms with van der Waals surface area (Å²) in [6.07, 6.45) is -4.40. The molecule has 18 heavy (non-hydrogen) atoms. The number of urea groups is 1. The van der Waals surface area contributed by atoms with Gasteiger partial charge in [0.25, 0.3) is 0 Å². The summed E-state index contributed by atoms with van der Waals surface area (Å²) in [5, 5.41) is 2.45. The molecule has 1 aromatic rings. The van der Waals surface area contributed by atoms with E-state index in [9.17, 15) is 18.0 Å².